The van der Waals surface area contributed by atoms with E-state index in [4.69, 9.17) is 9.63 Å². The molecular weight excluding hydrogens is 216 g/mol. The van der Waals surface area contributed by atoms with E-state index in [-0.39, 0.29) is 12.3 Å². The molecule has 6 heteroatoms. The monoisotopic (exact) mass is 230 g/mol. The fourth-order valence-corrected chi connectivity index (χ4v) is 1.60. The Morgan fingerprint density at radius 3 is 3.00 bits per heavy atom. The van der Waals surface area contributed by atoms with Crippen molar-refractivity contribution < 1.29 is 14.4 Å². The number of hydrogen-bond donors (Lipinski definition) is 1. The summed E-state index contributed by atoms with van der Waals surface area (Å²) in [4.78, 5) is 14.6. The number of hydrogen-bond acceptors (Lipinski definition) is 5. The Morgan fingerprint density at radius 2 is 2.40 bits per heavy atom. The molecule has 1 rings (SSSR count). The van der Waals surface area contributed by atoms with Gasteiger partial charge in [0.1, 0.15) is 0 Å². The van der Waals surface area contributed by atoms with Gasteiger partial charge < -0.3 is 9.63 Å². The Bertz CT molecular complexity index is 327. The number of carboxylic acids is 1. The van der Waals surface area contributed by atoms with Crippen molar-refractivity contribution in [2.24, 2.45) is 5.92 Å². The minimum Gasteiger partial charge on any atom is -0.481 e. The second-order valence-electron chi connectivity index (χ2n) is 3.44. The molecule has 0 saturated carbocycles. The first-order valence-corrected chi connectivity index (χ1v) is 6.03. The average molecular weight is 230 g/mol. The maximum absolute atomic E-state index is 10.4. The van der Waals surface area contributed by atoms with Crippen LogP contribution in [0.2, 0.25) is 0 Å². The molecule has 0 amide bonds. The van der Waals surface area contributed by atoms with E-state index in [1.54, 1.807) is 11.8 Å². The highest BCUT2D eigenvalue weighted by molar-refractivity contribution is 7.97. The van der Waals surface area contributed by atoms with Crippen molar-refractivity contribution >= 4 is 17.7 Å². The SMILES string of the molecule is CSCc1noc(CC(C)CC(=O)O)n1. The average Bonchev–Trinajstić information content (AvgIpc) is 2.51. The maximum Gasteiger partial charge on any atom is 0.303 e. The Kier molecular flexibility index (Phi) is 4.61. The first kappa shape index (κ1) is 12.0. The van der Waals surface area contributed by atoms with Crippen LogP contribution in [0.25, 0.3) is 0 Å². The zero-order chi connectivity index (χ0) is 11.3. The molecule has 1 atom stereocenters. The summed E-state index contributed by atoms with van der Waals surface area (Å²) < 4.78 is 5.00. The molecule has 0 spiro atoms. The van der Waals surface area contributed by atoms with E-state index in [0.717, 1.165) is 5.75 Å². The lowest BCUT2D eigenvalue weighted by Crippen LogP contribution is -2.07. The van der Waals surface area contributed by atoms with E-state index in [0.29, 0.717) is 18.1 Å². The van der Waals surface area contributed by atoms with E-state index in [1.807, 2.05) is 13.2 Å². The molecule has 0 aliphatic rings. The van der Waals surface area contributed by atoms with Crippen LogP contribution < -0.4 is 0 Å². The molecule has 0 aliphatic carbocycles. The van der Waals surface area contributed by atoms with Gasteiger partial charge in [0.25, 0.3) is 0 Å². The molecule has 1 aromatic heterocycles. The number of nitrogens with zero attached hydrogens (tertiary/aromatic N) is 2. The van der Waals surface area contributed by atoms with Gasteiger partial charge in [0.15, 0.2) is 5.82 Å². The van der Waals surface area contributed by atoms with Crippen molar-refractivity contribution in [1.82, 2.24) is 10.1 Å². The lowest BCUT2D eigenvalue weighted by atomic mass is 10.0. The fraction of sp³-hybridized carbons (Fsp3) is 0.667. The van der Waals surface area contributed by atoms with Gasteiger partial charge in [0.2, 0.25) is 5.89 Å². The number of carboxylic acid groups (broad SMARTS) is 1. The van der Waals surface area contributed by atoms with Crippen LogP contribution in [0.4, 0.5) is 0 Å². The Balaban J connectivity index is 2.45. The number of aliphatic carboxylic acids is 1. The zero-order valence-corrected chi connectivity index (χ0v) is 9.58. The van der Waals surface area contributed by atoms with E-state index < -0.39 is 5.97 Å². The Hall–Kier alpha value is -1.04. The quantitative estimate of drug-likeness (QED) is 0.799. The van der Waals surface area contributed by atoms with Gasteiger partial charge in [0.05, 0.1) is 5.75 Å². The molecule has 0 bridgehead atoms. The molecule has 0 saturated heterocycles. The first-order chi connectivity index (χ1) is 7.11. The molecular formula is C9H14N2O3S. The highest BCUT2D eigenvalue weighted by atomic mass is 32.2. The summed E-state index contributed by atoms with van der Waals surface area (Å²) in [7, 11) is 0. The standard InChI is InChI=1S/C9H14N2O3S/c1-6(4-9(12)13)3-8-10-7(5-15-2)11-14-8/h6H,3-5H2,1-2H3,(H,12,13). The van der Waals surface area contributed by atoms with Crippen LogP contribution in [-0.4, -0.2) is 27.5 Å². The van der Waals surface area contributed by atoms with E-state index >= 15 is 0 Å². The van der Waals surface area contributed by atoms with Crippen molar-refractivity contribution in [2.75, 3.05) is 6.26 Å². The van der Waals surface area contributed by atoms with Crippen molar-refractivity contribution in [3.8, 4) is 0 Å². The number of carbonyl (C=O) groups is 1. The minimum atomic E-state index is -0.800. The van der Waals surface area contributed by atoms with E-state index in [1.165, 1.54) is 0 Å². The van der Waals surface area contributed by atoms with Crippen molar-refractivity contribution in [1.29, 1.82) is 0 Å². The molecule has 84 valence electrons. The molecule has 0 fully saturated rings. The molecule has 1 heterocycles. The van der Waals surface area contributed by atoms with Gasteiger partial charge in [-0.05, 0) is 12.2 Å². The number of rotatable bonds is 6. The van der Waals surface area contributed by atoms with Crippen LogP contribution in [-0.2, 0) is 17.0 Å². The summed E-state index contributed by atoms with van der Waals surface area (Å²) in [6, 6.07) is 0. The normalized spacial score (nSPS) is 12.7. The Morgan fingerprint density at radius 1 is 1.67 bits per heavy atom. The van der Waals surface area contributed by atoms with Crippen molar-refractivity contribution in [3.63, 3.8) is 0 Å². The molecule has 1 aromatic rings. The number of aromatic nitrogens is 2. The summed E-state index contributed by atoms with van der Waals surface area (Å²) in [5.41, 5.74) is 0. The highest BCUT2D eigenvalue weighted by Crippen LogP contribution is 2.12. The molecule has 15 heavy (non-hydrogen) atoms. The lowest BCUT2D eigenvalue weighted by Gasteiger charge is -2.03. The summed E-state index contributed by atoms with van der Waals surface area (Å²) in [5, 5.41) is 12.4. The molecule has 5 nitrogen and oxygen atoms in total. The smallest absolute Gasteiger partial charge is 0.303 e. The van der Waals surface area contributed by atoms with Gasteiger partial charge >= 0.3 is 5.97 Å². The fourth-order valence-electron chi connectivity index (χ4n) is 1.23. The first-order valence-electron chi connectivity index (χ1n) is 4.64. The summed E-state index contributed by atoms with van der Waals surface area (Å²) in [5.74, 6) is 1.13. The van der Waals surface area contributed by atoms with E-state index in [2.05, 4.69) is 10.1 Å². The van der Waals surface area contributed by atoms with Gasteiger partial charge in [-0.3, -0.25) is 4.79 Å². The van der Waals surface area contributed by atoms with Crippen LogP contribution in [0.1, 0.15) is 25.1 Å². The molecule has 0 radical (unpaired) electrons. The summed E-state index contributed by atoms with van der Waals surface area (Å²) in [6.45, 7) is 1.85. The highest BCUT2D eigenvalue weighted by Gasteiger charge is 2.13. The molecule has 1 unspecified atom stereocenters. The van der Waals surface area contributed by atoms with Gasteiger partial charge in [-0.25, -0.2) is 0 Å². The summed E-state index contributed by atoms with van der Waals surface area (Å²) in [6.07, 6.45) is 2.61. The third-order valence-electron chi connectivity index (χ3n) is 1.83. The maximum atomic E-state index is 10.4. The van der Waals surface area contributed by atoms with Crippen molar-refractivity contribution in [3.05, 3.63) is 11.7 Å². The number of thioether (sulfide) groups is 1. The predicted octanol–water partition coefficient (Wildman–Crippen LogP) is 1.59. The molecule has 0 aliphatic heterocycles. The van der Waals surface area contributed by atoms with Gasteiger partial charge in [-0.1, -0.05) is 12.1 Å². The zero-order valence-electron chi connectivity index (χ0n) is 8.77. The second kappa shape index (κ2) is 5.75. The van der Waals surface area contributed by atoms with Crippen LogP contribution in [0.5, 0.6) is 0 Å². The minimum absolute atomic E-state index is 0.0186. The topological polar surface area (TPSA) is 76.2 Å². The third-order valence-corrected chi connectivity index (χ3v) is 2.38. The van der Waals surface area contributed by atoms with E-state index in [9.17, 15) is 4.79 Å². The van der Waals surface area contributed by atoms with Crippen LogP contribution >= 0.6 is 11.8 Å². The largest absolute Gasteiger partial charge is 0.481 e. The van der Waals surface area contributed by atoms with Gasteiger partial charge in [0, 0.05) is 12.8 Å². The van der Waals surface area contributed by atoms with Gasteiger partial charge in [-0.15, -0.1) is 0 Å². The molecule has 1 N–H and O–H groups in total. The van der Waals surface area contributed by atoms with Crippen LogP contribution in [0.3, 0.4) is 0 Å². The summed E-state index contributed by atoms with van der Waals surface area (Å²) >= 11 is 1.62. The van der Waals surface area contributed by atoms with Crippen molar-refractivity contribution in [2.45, 2.75) is 25.5 Å². The van der Waals surface area contributed by atoms with Gasteiger partial charge in [-0.2, -0.15) is 16.7 Å². The predicted molar refractivity (Wildman–Crippen MR) is 56.6 cm³/mol. The Labute approximate surface area is 92.2 Å². The second-order valence-corrected chi connectivity index (χ2v) is 4.31. The van der Waals surface area contributed by atoms with Crippen LogP contribution in [0.15, 0.2) is 4.52 Å². The lowest BCUT2D eigenvalue weighted by molar-refractivity contribution is -0.137. The molecule has 0 aromatic carbocycles. The van der Waals surface area contributed by atoms with Crippen LogP contribution in [0, 0.1) is 5.92 Å². The third kappa shape index (κ3) is 4.33.